The number of rotatable bonds is 7. The molecule has 1 aliphatic heterocycles. The van der Waals surface area contributed by atoms with Gasteiger partial charge in [0.2, 0.25) is 5.91 Å². The zero-order chi connectivity index (χ0) is 24.1. The van der Waals surface area contributed by atoms with Gasteiger partial charge >= 0.3 is 0 Å². The Labute approximate surface area is 202 Å². The van der Waals surface area contributed by atoms with E-state index in [2.05, 4.69) is 29.4 Å². The molecule has 0 atom stereocenters. The van der Waals surface area contributed by atoms with Crippen LogP contribution in [0.3, 0.4) is 0 Å². The molecule has 1 saturated carbocycles. The van der Waals surface area contributed by atoms with E-state index in [9.17, 15) is 9.18 Å². The third-order valence-electron chi connectivity index (χ3n) is 7.73. The highest BCUT2D eigenvalue weighted by atomic mass is 19.1. The number of nitrogens with zero attached hydrogens (tertiary/aromatic N) is 1. The Morgan fingerprint density at radius 3 is 2.35 bits per heavy atom. The number of hydrogen-bond acceptors (Lipinski definition) is 4. The van der Waals surface area contributed by atoms with E-state index >= 15 is 0 Å². The van der Waals surface area contributed by atoms with Gasteiger partial charge in [-0.05, 0) is 94.4 Å². The number of halogens is 1. The van der Waals surface area contributed by atoms with Gasteiger partial charge in [-0.25, -0.2) is 4.39 Å². The number of piperidine rings is 1. The SMILES string of the molecule is COc1ccc(F)cc1-c1ccc(CC2(C(=O)NC3CCN(C)CC3)CCC(OC)CC2)cc1. The second-order valence-electron chi connectivity index (χ2n) is 9.98. The summed E-state index contributed by atoms with van der Waals surface area (Å²) >= 11 is 0. The number of hydrogen-bond donors (Lipinski definition) is 1. The number of benzene rings is 2. The molecule has 1 heterocycles. The highest BCUT2D eigenvalue weighted by Crippen LogP contribution is 2.41. The normalized spacial score (nSPS) is 24.1. The molecule has 4 rings (SSSR count). The molecular weight excluding hydrogens is 431 g/mol. The summed E-state index contributed by atoms with van der Waals surface area (Å²) < 4.78 is 24.9. The third kappa shape index (κ3) is 5.61. The highest BCUT2D eigenvalue weighted by molar-refractivity contribution is 5.83. The van der Waals surface area contributed by atoms with Gasteiger partial charge in [0, 0.05) is 18.7 Å². The summed E-state index contributed by atoms with van der Waals surface area (Å²) in [5.74, 6) is 0.535. The van der Waals surface area contributed by atoms with E-state index in [1.807, 2.05) is 12.1 Å². The maximum absolute atomic E-state index is 13.9. The zero-order valence-corrected chi connectivity index (χ0v) is 20.6. The van der Waals surface area contributed by atoms with Crippen LogP contribution in [0.1, 0.15) is 44.1 Å². The Morgan fingerprint density at radius 2 is 1.74 bits per heavy atom. The van der Waals surface area contributed by atoms with Crippen LogP contribution in [-0.2, 0) is 16.0 Å². The summed E-state index contributed by atoms with van der Waals surface area (Å²) in [6.07, 6.45) is 6.38. The molecule has 0 unspecified atom stereocenters. The smallest absolute Gasteiger partial charge is 0.226 e. The Hall–Kier alpha value is -2.44. The Kier molecular flexibility index (Phi) is 7.89. The lowest BCUT2D eigenvalue weighted by Crippen LogP contribution is -2.51. The topological polar surface area (TPSA) is 50.8 Å². The minimum Gasteiger partial charge on any atom is -0.496 e. The molecule has 2 aliphatic rings. The van der Waals surface area contributed by atoms with Crippen molar-refractivity contribution in [2.24, 2.45) is 5.41 Å². The molecule has 0 radical (unpaired) electrons. The van der Waals surface area contributed by atoms with Crippen molar-refractivity contribution >= 4 is 5.91 Å². The molecule has 0 bridgehead atoms. The summed E-state index contributed by atoms with van der Waals surface area (Å²) in [4.78, 5) is 16.0. The second kappa shape index (κ2) is 10.9. The fraction of sp³-hybridized carbons (Fsp3) is 0.536. The van der Waals surface area contributed by atoms with Gasteiger partial charge in [-0.3, -0.25) is 4.79 Å². The van der Waals surface area contributed by atoms with Crippen LogP contribution in [0, 0.1) is 11.2 Å². The van der Waals surface area contributed by atoms with Gasteiger partial charge in [0.15, 0.2) is 0 Å². The van der Waals surface area contributed by atoms with Crippen LogP contribution < -0.4 is 10.1 Å². The standard InChI is InChI=1S/C28H37FN2O3/c1-31-16-12-23(13-17-31)30-27(32)28(14-10-24(33-2)11-15-28)19-20-4-6-21(7-5-20)25-18-22(29)8-9-26(25)34-3/h4-9,18,23-24H,10-17,19H2,1-3H3,(H,30,32). The van der Waals surface area contributed by atoms with Crippen LogP contribution in [0.15, 0.2) is 42.5 Å². The van der Waals surface area contributed by atoms with E-state index in [1.54, 1.807) is 20.3 Å². The number of methoxy groups -OCH3 is 2. The van der Waals surface area contributed by atoms with Crippen molar-refractivity contribution in [3.8, 4) is 16.9 Å². The minimum absolute atomic E-state index is 0.187. The third-order valence-corrected chi connectivity index (χ3v) is 7.73. The first-order valence-electron chi connectivity index (χ1n) is 12.4. The van der Waals surface area contributed by atoms with Crippen LogP contribution in [0.2, 0.25) is 0 Å². The predicted molar refractivity (Wildman–Crippen MR) is 132 cm³/mol. The van der Waals surface area contributed by atoms with Crippen molar-refractivity contribution in [3.05, 3.63) is 53.8 Å². The van der Waals surface area contributed by atoms with E-state index in [0.717, 1.165) is 68.3 Å². The molecule has 184 valence electrons. The average molecular weight is 469 g/mol. The largest absolute Gasteiger partial charge is 0.496 e. The van der Waals surface area contributed by atoms with Gasteiger partial charge in [-0.2, -0.15) is 0 Å². The number of nitrogens with one attached hydrogen (secondary N) is 1. The van der Waals surface area contributed by atoms with Crippen molar-refractivity contribution in [3.63, 3.8) is 0 Å². The van der Waals surface area contributed by atoms with Gasteiger partial charge in [-0.15, -0.1) is 0 Å². The van der Waals surface area contributed by atoms with Crippen LogP contribution in [0.5, 0.6) is 5.75 Å². The monoisotopic (exact) mass is 468 g/mol. The summed E-state index contributed by atoms with van der Waals surface area (Å²) in [7, 11) is 5.48. The predicted octanol–water partition coefficient (Wildman–Crippen LogP) is 4.83. The highest BCUT2D eigenvalue weighted by Gasteiger charge is 2.42. The molecule has 1 N–H and O–H groups in total. The van der Waals surface area contributed by atoms with Gasteiger partial charge in [0.25, 0.3) is 0 Å². The number of likely N-dealkylation sites (tertiary alicyclic amines) is 1. The van der Waals surface area contributed by atoms with E-state index in [1.165, 1.54) is 12.1 Å². The molecular formula is C28H37FN2O3. The maximum atomic E-state index is 13.9. The molecule has 1 aliphatic carbocycles. The number of amides is 1. The molecule has 1 saturated heterocycles. The van der Waals surface area contributed by atoms with Gasteiger partial charge in [-0.1, -0.05) is 24.3 Å². The molecule has 2 aromatic carbocycles. The van der Waals surface area contributed by atoms with E-state index in [4.69, 9.17) is 9.47 Å². The van der Waals surface area contributed by atoms with Crippen LogP contribution in [0.4, 0.5) is 4.39 Å². The van der Waals surface area contributed by atoms with Crippen LogP contribution in [0.25, 0.3) is 11.1 Å². The van der Waals surface area contributed by atoms with E-state index in [-0.39, 0.29) is 23.9 Å². The number of carbonyl (C=O) groups excluding carboxylic acids is 1. The fourth-order valence-corrected chi connectivity index (χ4v) is 5.45. The minimum atomic E-state index is -0.420. The molecule has 34 heavy (non-hydrogen) atoms. The van der Waals surface area contributed by atoms with E-state index < -0.39 is 5.41 Å². The lowest BCUT2D eigenvalue weighted by molar-refractivity contribution is -0.135. The summed E-state index contributed by atoms with van der Waals surface area (Å²) in [6, 6.07) is 12.9. The Morgan fingerprint density at radius 1 is 1.06 bits per heavy atom. The molecule has 0 spiro atoms. The van der Waals surface area contributed by atoms with Crippen molar-refractivity contribution in [2.45, 2.75) is 57.1 Å². The van der Waals surface area contributed by atoms with E-state index in [0.29, 0.717) is 12.2 Å². The summed E-state index contributed by atoms with van der Waals surface area (Å²) in [5, 5.41) is 3.40. The van der Waals surface area contributed by atoms with Crippen LogP contribution >= 0.6 is 0 Å². The van der Waals surface area contributed by atoms with Gasteiger partial charge in [0.1, 0.15) is 11.6 Å². The first-order valence-corrected chi connectivity index (χ1v) is 12.4. The first kappa shape index (κ1) is 24.7. The quantitative estimate of drug-likeness (QED) is 0.633. The maximum Gasteiger partial charge on any atom is 0.226 e. The van der Waals surface area contributed by atoms with Gasteiger partial charge in [0.05, 0.1) is 18.6 Å². The van der Waals surface area contributed by atoms with Crippen molar-refractivity contribution in [2.75, 3.05) is 34.4 Å². The van der Waals surface area contributed by atoms with Gasteiger partial charge < -0.3 is 19.7 Å². The van der Waals surface area contributed by atoms with Crippen molar-refractivity contribution in [1.29, 1.82) is 0 Å². The second-order valence-corrected chi connectivity index (χ2v) is 9.98. The molecule has 1 amide bonds. The zero-order valence-electron chi connectivity index (χ0n) is 20.6. The molecule has 2 aromatic rings. The average Bonchev–Trinajstić information content (AvgIpc) is 2.86. The molecule has 5 nitrogen and oxygen atoms in total. The summed E-state index contributed by atoms with van der Waals surface area (Å²) in [6.45, 7) is 2.05. The van der Waals surface area contributed by atoms with Crippen molar-refractivity contribution in [1.82, 2.24) is 10.2 Å². The Balaban J connectivity index is 1.52. The molecule has 6 heteroatoms. The number of carbonyl (C=O) groups is 1. The number of ether oxygens (including phenoxy) is 2. The molecule has 0 aromatic heterocycles. The first-order chi connectivity index (χ1) is 16.4. The lowest BCUT2D eigenvalue weighted by atomic mass is 9.68. The Bertz CT molecular complexity index is 962. The van der Waals surface area contributed by atoms with Crippen LogP contribution in [-0.4, -0.2) is 57.3 Å². The summed E-state index contributed by atoms with van der Waals surface area (Å²) in [5.41, 5.74) is 2.32. The van der Waals surface area contributed by atoms with Crippen molar-refractivity contribution < 1.29 is 18.7 Å². The molecule has 2 fully saturated rings. The lowest BCUT2D eigenvalue weighted by Gasteiger charge is -2.40. The fourth-order valence-electron chi connectivity index (χ4n) is 5.45.